The topological polar surface area (TPSA) is 86.3 Å². The predicted molar refractivity (Wildman–Crippen MR) is 83.2 cm³/mol. The van der Waals surface area contributed by atoms with Crippen molar-refractivity contribution in [3.63, 3.8) is 0 Å². The fraction of sp³-hybridized carbons (Fsp3) is 0.625. The van der Waals surface area contributed by atoms with Crippen LogP contribution >= 0.6 is 0 Å². The molecule has 2 aliphatic rings. The number of hydrogen-bond donors (Lipinski definition) is 0. The van der Waals surface area contributed by atoms with E-state index in [2.05, 4.69) is 29.3 Å². The van der Waals surface area contributed by atoms with E-state index < -0.39 is 0 Å². The first-order valence-corrected chi connectivity index (χ1v) is 8.37. The Morgan fingerprint density at radius 2 is 2.33 bits per heavy atom. The molecule has 4 rings (SSSR count). The SMILES string of the molecule is CC(C)Cc1cc(C(=O)N2CC[C@@H]3OCc4cnnn4[C@@H]3C2)on1. The number of nitrogens with zero attached hydrogens (tertiary/aromatic N) is 5. The van der Waals surface area contributed by atoms with Gasteiger partial charge < -0.3 is 14.2 Å². The first kappa shape index (κ1) is 15.3. The van der Waals surface area contributed by atoms with Crippen molar-refractivity contribution in [1.29, 1.82) is 0 Å². The van der Waals surface area contributed by atoms with Crippen LogP contribution in [0.3, 0.4) is 0 Å². The quantitative estimate of drug-likeness (QED) is 0.846. The highest BCUT2D eigenvalue weighted by Gasteiger charge is 2.38. The van der Waals surface area contributed by atoms with Crippen molar-refractivity contribution in [2.45, 2.75) is 45.4 Å². The maximum absolute atomic E-state index is 12.7. The fourth-order valence-corrected chi connectivity index (χ4v) is 3.45. The van der Waals surface area contributed by atoms with E-state index in [1.165, 1.54) is 0 Å². The monoisotopic (exact) mass is 331 g/mol. The maximum atomic E-state index is 12.7. The molecule has 2 aromatic rings. The third-order valence-corrected chi connectivity index (χ3v) is 4.60. The van der Waals surface area contributed by atoms with Gasteiger partial charge in [-0.25, -0.2) is 4.68 Å². The lowest BCUT2D eigenvalue weighted by Gasteiger charge is -2.40. The molecule has 1 amide bonds. The lowest BCUT2D eigenvalue weighted by atomic mass is 10.00. The summed E-state index contributed by atoms with van der Waals surface area (Å²) in [7, 11) is 0. The third-order valence-electron chi connectivity index (χ3n) is 4.60. The second-order valence-corrected chi connectivity index (χ2v) is 6.91. The van der Waals surface area contributed by atoms with E-state index in [-0.39, 0.29) is 18.1 Å². The molecule has 0 saturated carbocycles. The van der Waals surface area contributed by atoms with Crippen molar-refractivity contribution in [3.8, 4) is 0 Å². The molecular formula is C16H21N5O3. The zero-order valence-electron chi connectivity index (χ0n) is 13.9. The van der Waals surface area contributed by atoms with Gasteiger partial charge in [0.2, 0.25) is 5.76 Å². The van der Waals surface area contributed by atoms with Gasteiger partial charge in [0.15, 0.2) is 0 Å². The number of piperidine rings is 1. The minimum absolute atomic E-state index is 0.00649. The summed E-state index contributed by atoms with van der Waals surface area (Å²) in [6.07, 6.45) is 3.38. The highest BCUT2D eigenvalue weighted by molar-refractivity contribution is 5.91. The third kappa shape index (κ3) is 2.71. The van der Waals surface area contributed by atoms with Gasteiger partial charge in [0.1, 0.15) is 0 Å². The van der Waals surface area contributed by atoms with Crippen LogP contribution in [0, 0.1) is 5.92 Å². The van der Waals surface area contributed by atoms with Crippen molar-refractivity contribution < 1.29 is 14.1 Å². The molecule has 2 atom stereocenters. The summed E-state index contributed by atoms with van der Waals surface area (Å²) >= 11 is 0. The smallest absolute Gasteiger partial charge is 0.292 e. The van der Waals surface area contributed by atoms with Gasteiger partial charge in [0.25, 0.3) is 5.91 Å². The maximum Gasteiger partial charge on any atom is 0.292 e. The van der Waals surface area contributed by atoms with Crippen molar-refractivity contribution >= 4 is 5.91 Å². The molecule has 0 aliphatic carbocycles. The van der Waals surface area contributed by atoms with Crippen LogP contribution in [-0.2, 0) is 17.8 Å². The summed E-state index contributed by atoms with van der Waals surface area (Å²) in [5.41, 5.74) is 1.77. The van der Waals surface area contributed by atoms with E-state index in [4.69, 9.17) is 9.26 Å². The molecule has 8 nitrogen and oxygen atoms in total. The molecule has 0 spiro atoms. The van der Waals surface area contributed by atoms with Gasteiger partial charge in [0.05, 0.1) is 36.3 Å². The highest BCUT2D eigenvalue weighted by Crippen LogP contribution is 2.30. The van der Waals surface area contributed by atoms with Gasteiger partial charge in [-0.15, -0.1) is 5.10 Å². The molecule has 1 saturated heterocycles. The molecule has 0 radical (unpaired) electrons. The number of carbonyl (C=O) groups is 1. The Morgan fingerprint density at radius 1 is 1.46 bits per heavy atom. The van der Waals surface area contributed by atoms with E-state index in [9.17, 15) is 4.79 Å². The van der Waals surface area contributed by atoms with Crippen LogP contribution in [0.1, 0.15) is 48.3 Å². The molecule has 128 valence electrons. The second-order valence-electron chi connectivity index (χ2n) is 6.91. The average Bonchev–Trinajstić information content (AvgIpc) is 3.22. The molecule has 0 unspecified atom stereocenters. The first-order valence-electron chi connectivity index (χ1n) is 8.37. The minimum Gasteiger partial charge on any atom is -0.370 e. The zero-order valence-corrected chi connectivity index (χ0v) is 13.9. The van der Waals surface area contributed by atoms with Crippen LogP contribution in [0.15, 0.2) is 16.8 Å². The molecule has 4 heterocycles. The summed E-state index contributed by atoms with van der Waals surface area (Å²) in [6, 6.07) is 1.76. The number of fused-ring (bicyclic) bond motifs is 3. The molecule has 24 heavy (non-hydrogen) atoms. The summed E-state index contributed by atoms with van der Waals surface area (Å²) < 4.78 is 13.0. The number of amides is 1. The Balaban J connectivity index is 1.50. The van der Waals surface area contributed by atoms with Gasteiger partial charge in [0, 0.05) is 19.2 Å². The number of ether oxygens (including phenoxy) is 1. The number of hydrogen-bond acceptors (Lipinski definition) is 6. The largest absolute Gasteiger partial charge is 0.370 e. The van der Waals surface area contributed by atoms with Crippen molar-refractivity contribution in [2.75, 3.05) is 13.1 Å². The molecule has 0 bridgehead atoms. The van der Waals surface area contributed by atoms with E-state index in [0.29, 0.717) is 31.4 Å². The zero-order chi connectivity index (χ0) is 16.7. The van der Waals surface area contributed by atoms with Gasteiger partial charge in [-0.2, -0.15) is 0 Å². The first-order chi connectivity index (χ1) is 11.6. The van der Waals surface area contributed by atoms with Crippen molar-refractivity contribution in [2.24, 2.45) is 5.92 Å². The number of aromatic nitrogens is 4. The Morgan fingerprint density at radius 3 is 3.17 bits per heavy atom. The van der Waals surface area contributed by atoms with Crippen LogP contribution in [0.25, 0.3) is 0 Å². The normalized spacial score (nSPS) is 23.2. The Hall–Kier alpha value is -2.22. The number of carbonyl (C=O) groups excluding carboxylic acids is 1. The van der Waals surface area contributed by atoms with Crippen LogP contribution < -0.4 is 0 Å². The fourth-order valence-electron chi connectivity index (χ4n) is 3.45. The van der Waals surface area contributed by atoms with Crippen LogP contribution in [0.4, 0.5) is 0 Å². The van der Waals surface area contributed by atoms with Crippen LogP contribution in [0.2, 0.25) is 0 Å². The van der Waals surface area contributed by atoms with E-state index >= 15 is 0 Å². The summed E-state index contributed by atoms with van der Waals surface area (Å²) in [5, 5.41) is 12.1. The molecule has 0 aromatic carbocycles. The van der Waals surface area contributed by atoms with Gasteiger partial charge in [-0.05, 0) is 18.8 Å². The molecule has 1 fully saturated rings. The summed E-state index contributed by atoms with van der Waals surface area (Å²) in [5.74, 6) is 0.654. The standard InChI is InChI=1S/C16H21N5O3/c1-10(2)5-11-6-15(24-18-11)16(22)20-4-3-14-13(8-20)21-12(9-23-14)7-17-19-21/h6-7,10,13-14H,3-5,8-9H2,1-2H3/t13-,14+/m1/s1. The average molecular weight is 331 g/mol. The molecule has 2 aromatic heterocycles. The molecule has 0 N–H and O–H groups in total. The van der Waals surface area contributed by atoms with Crippen molar-refractivity contribution in [3.05, 3.63) is 29.4 Å². The predicted octanol–water partition coefficient (Wildman–Crippen LogP) is 1.45. The van der Waals surface area contributed by atoms with Gasteiger partial charge in [-0.3, -0.25) is 4.79 Å². The van der Waals surface area contributed by atoms with Crippen molar-refractivity contribution in [1.82, 2.24) is 25.1 Å². The molecule has 8 heteroatoms. The Labute approximate surface area is 139 Å². The summed E-state index contributed by atoms with van der Waals surface area (Å²) in [6.45, 7) is 5.94. The van der Waals surface area contributed by atoms with E-state index in [1.54, 1.807) is 17.2 Å². The molecular weight excluding hydrogens is 310 g/mol. The number of rotatable bonds is 3. The lowest BCUT2D eigenvalue weighted by Crippen LogP contribution is -2.49. The molecule has 2 aliphatic heterocycles. The Kier molecular flexibility index (Phi) is 3.84. The van der Waals surface area contributed by atoms with Gasteiger partial charge in [-0.1, -0.05) is 24.2 Å². The number of likely N-dealkylation sites (tertiary alicyclic amines) is 1. The van der Waals surface area contributed by atoms with Gasteiger partial charge >= 0.3 is 0 Å². The summed E-state index contributed by atoms with van der Waals surface area (Å²) in [4.78, 5) is 14.5. The van der Waals surface area contributed by atoms with E-state index in [1.807, 2.05) is 4.68 Å². The van der Waals surface area contributed by atoms with E-state index in [0.717, 1.165) is 24.2 Å². The second kappa shape index (κ2) is 6.01. The highest BCUT2D eigenvalue weighted by atomic mass is 16.5. The minimum atomic E-state index is -0.122. The van der Waals surface area contributed by atoms with Crippen LogP contribution in [0.5, 0.6) is 0 Å². The Bertz CT molecular complexity index is 738. The van der Waals surface area contributed by atoms with Crippen LogP contribution in [-0.4, -0.2) is 50.2 Å². The lowest BCUT2D eigenvalue weighted by molar-refractivity contribution is -0.0609.